The predicted octanol–water partition coefficient (Wildman–Crippen LogP) is 1.27. The average molecular weight is 350 g/mol. The van der Waals surface area contributed by atoms with Crippen molar-refractivity contribution in [2.75, 3.05) is 36.4 Å². The molecule has 1 N–H and O–H groups in total. The van der Waals surface area contributed by atoms with E-state index < -0.39 is 5.91 Å². The van der Waals surface area contributed by atoms with Gasteiger partial charge in [-0.1, -0.05) is 12.1 Å². The van der Waals surface area contributed by atoms with Crippen molar-refractivity contribution >= 4 is 23.3 Å². The lowest BCUT2D eigenvalue weighted by Crippen LogP contribution is -2.48. The van der Waals surface area contributed by atoms with E-state index in [2.05, 4.69) is 15.5 Å². The predicted molar refractivity (Wildman–Crippen MR) is 95.6 cm³/mol. The summed E-state index contributed by atoms with van der Waals surface area (Å²) >= 11 is 0. The quantitative estimate of drug-likeness (QED) is 0.894. The van der Waals surface area contributed by atoms with E-state index in [9.17, 15) is 9.59 Å². The average Bonchev–Trinajstić information content (AvgIpc) is 2.68. The van der Waals surface area contributed by atoms with Crippen molar-refractivity contribution in [1.82, 2.24) is 15.1 Å². The molecule has 0 bridgehead atoms. The van der Waals surface area contributed by atoms with Crippen molar-refractivity contribution in [2.24, 2.45) is 0 Å². The molecule has 2 amide bonds. The van der Waals surface area contributed by atoms with Crippen LogP contribution in [0, 0.1) is 11.3 Å². The molecule has 8 nitrogen and oxygen atoms in total. The molecule has 1 aromatic carbocycles. The first-order valence-corrected chi connectivity index (χ1v) is 8.23. The number of piperazine rings is 1. The molecule has 2 aromatic rings. The maximum atomic E-state index is 12.3. The first-order chi connectivity index (χ1) is 12.6. The smallest absolute Gasteiger partial charge is 0.276 e. The highest BCUT2D eigenvalue weighted by Crippen LogP contribution is 2.16. The molecule has 0 spiro atoms. The Morgan fingerprint density at radius 3 is 2.42 bits per heavy atom. The van der Waals surface area contributed by atoms with Gasteiger partial charge in [0.15, 0.2) is 11.5 Å². The molecule has 1 aliphatic heterocycles. The van der Waals surface area contributed by atoms with E-state index in [4.69, 9.17) is 5.26 Å². The lowest BCUT2D eigenvalue weighted by atomic mass is 10.2. The number of para-hydroxylation sites is 1. The lowest BCUT2D eigenvalue weighted by Gasteiger charge is -2.34. The second-order valence-corrected chi connectivity index (χ2v) is 5.88. The number of hydrogen-bond acceptors (Lipinski definition) is 6. The number of hydrogen-bond donors (Lipinski definition) is 1. The van der Waals surface area contributed by atoms with Crippen molar-refractivity contribution < 1.29 is 9.59 Å². The first kappa shape index (κ1) is 17.4. The van der Waals surface area contributed by atoms with Gasteiger partial charge in [-0.15, -0.1) is 10.2 Å². The van der Waals surface area contributed by atoms with Gasteiger partial charge in [0.1, 0.15) is 6.07 Å². The summed E-state index contributed by atoms with van der Waals surface area (Å²) in [5, 5.41) is 19.9. The Morgan fingerprint density at radius 2 is 1.81 bits per heavy atom. The Bertz CT molecular complexity index is 851. The third kappa shape index (κ3) is 3.78. The largest absolute Gasteiger partial charge is 0.352 e. The lowest BCUT2D eigenvalue weighted by molar-refractivity contribution is -0.129. The van der Waals surface area contributed by atoms with E-state index in [0.717, 1.165) is 0 Å². The van der Waals surface area contributed by atoms with Crippen LogP contribution in [-0.2, 0) is 4.79 Å². The Balaban J connectivity index is 1.65. The highest BCUT2D eigenvalue weighted by atomic mass is 16.2. The molecule has 26 heavy (non-hydrogen) atoms. The number of carbonyl (C=O) groups excluding carboxylic acids is 2. The zero-order valence-corrected chi connectivity index (χ0v) is 14.3. The highest BCUT2D eigenvalue weighted by Gasteiger charge is 2.20. The van der Waals surface area contributed by atoms with Gasteiger partial charge in [0.2, 0.25) is 5.91 Å². The van der Waals surface area contributed by atoms with Crippen molar-refractivity contribution in [2.45, 2.75) is 6.92 Å². The number of rotatable bonds is 3. The van der Waals surface area contributed by atoms with Gasteiger partial charge in [-0.05, 0) is 24.3 Å². The fraction of sp³-hybridized carbons (Fsp3) is 0.278. The number of nitrogens with one attached hydrogen (secondary N) is 1. The van der Waals surface area contributed by atoms with Gasteiger partial charge in [-0.25, -0.2) is 0 Å². The zero-order valence-electron chi connectivity index (χ0n) is 14.3. The molecule has 1 saturated heterocycles. The molecule has 0 atom stereocenters. The van der Waals surface area contributed by atoms with Gasteiger partial charge in [0.25, 0.3) is 5.91 Å². The van der Waals surface area contributed by atoms with Crippen LogP contribution in [0.4, 0.5) is 11.5 Å². The Morgan fingerprint density at radius 1 is 1.08 bits per heavy atom. The minimum Gasteiger partial charge on any atom is -0.352 e. The van der Waals surface area contributed by atoms with E-state index in [1.54, 1.807) is 48.2 Å². The topological polar surface area (TPSA) is 102 Å². The minimum absolute atomic E-state index is 0.0698. The Hall–Kier alpha value is -3.47. The number of amides is 2. The molecule has 0 radical (unpaired) electrons. The van der Waals surface area contributed by atoms with E-state index in [0.29, 0.717) is 43.2 Å². The number of nitriles is 1. The Kier molecular flexibility index (Phi) is 5.08. The van der Waals surface area contributed by atoms with E-state index in [1.807, 2.05) is 11.0 Å². The molecule has 2 heterocycles. The summed E-state index contributed by atoms with van der Waals surface area (Å²) in [6, 6.07) is 12.1. The molecule has 132 valence electrons. The molecule has 1 aliphatic rings. The molecule has 0 aliphatic carbocycles. The molecule has 8 heteroatoms. The van der Waals surface area contributed by atoms with Crippen molar-refractivity contribution in [3.8, 4) is 6.07 Å². The van der Waals surface area contributed by atoms with Crippen molar-refractivity contribution in [3.63, 3.8) is 0 Å². The monoisotopic (exact) mass is 350 g/mol. The third-order valence-electron chi connectivity index (χ3n) is 4.23. The summed E-state index contributed by atoms with van der Waals surface area (Å²) in [6.07, 6.45) is 0. The van der Waals surface area contributed by atoms with Crippen LogP contribution < -0.4 is 10.2 Å². The van der Waals surface area contributed by atoms with Crippen LogP contribution >= 0.6 is 0 Å². The maximum Gasteiger partial charge on any atom is 0.276 e. The summed E-state index contributed by atoms with van der Waals surface area (Å²) < 4.78 is 0. The number of aromatic nitrogens is 2. The molecular formula is C18H18N6O2. The molecule has 0 saturated carbocycles. The number of benzene rings is 1. The van der Waals surface area contributed by atoms with Crippen LogP contribution in [0.25, 0.3) is 0 Å². The van der Waals surface area contributed by atoms with Crippen LogP contribution in [0.2, 0.25) is 0 Å². The van der Waals surface area contributed by atoms with Crippen LogP contribution in [-0.4, -0.2) is 53.1 Å². The van der Waals surface area contributed by atoms with Crippen LogP contribution in [0.5, 0.6) is 0 Å². The Labute approximate surface area is 151 Å². The first-order valence-electron chi connectivity index (χ1n) is 8.23. The minimum atomic E-state index is -0.423. The van der Waals surface area contributed by atoms with Crippen LogP contribution in [0.3, 0.4) is 0 Å². The van der Waals surface area contributed by atoms with Gasteiger partial charge in [-0.3, -0.25) is 9.59 Å². The summed E-state index contributed by atoms with van der Waals surface area (Å²) in [5.74, 6) is 0.315. The van der Waals surface area contributed by atoms with Gasteiger partial charge in [-0.2, -0.15) is 5.26 Å². The molecule has 0 unspecified atom stereocenters. The maximum absolute atomic E-state index is 12.3. The molecule has 1 fully saturated rings. The third-order valence-corrected chi connectivity index (χ3v) is 4.23. The van der Waals surface area contributed by atoms with Crippen molar-refractivity contribution in [1.29, 1.82) is 5.26 Å². The van der Waals surface area contributed by atoms with E-state index in [1.165, 1.54) is 0 Å². The fourth-order valence-electron chi connectivity index (χ4n) is 2.74. The summed E-state index contributed by atoms with van der Waals surface area (Å²) in [4.78, 5) is 27.5. The van der Waals surface area contributed by atoms with Gasteiger partial charge in [0, 0.05) is 33.1 Å². The van der Waals surface area contributed by atoms with E-state index in [-0.39, 0.29) is 11.6 Å². The number of nitrogens with zero attached hydrogens (tertiary/aromatic N) is 5. The second-order valence-electron chi connectivity index (χ2n) is 5.88. The van der Waals surface area contributed by atoms with Gasteiger partial charge < -0.3 is 15.1 Å². The summed E-state index contributed by atoms with van der Waals surface area (Å²) in [6.45, 7) is 4.20. The summed E-state index contributed by atoms with van der Waals surface area (Å²) in [7, 11) is 0. The van der Waals surface area contributed by atoms with Gasteiger partial charge >= 0.3 is 0 Å². The van der Waals surface area contributed by atoms with Gasteiger partial charge in [0.05, 0.1) is 11.3 Å². The highest BCUT2D eigenvalue weighted by molar-refractivity contribution is 6.03. The fourth-order valence-corrected chi connectivity index (χ4v) is 2.74. The molecular weight excluding hydrogens is 332 g/mol. The van der Waals surface area contributed by atoms with Crippen LogP contribution in [0.1, 0.15) is 23.0 Å². The summed E-state index contributed by atoms with van der Waals surface area (Å²) in [5.41, 5.74) is 0.990. The van der Waals surface area contributed by atoms with E-state index >= 15 is 0 Å². The standard InChI is InChI=1S/C18H18N6O2/c1-13(25)23-8-10-24(11-9-23)17-7-6-16(21-22-17)18(26)20-15-5-3-2-4-14(15)12-19/h2-7H,8-11H2,1H3,(H,20,26). The second kappa shape index (κ2) is 7.61. The molecule has 3 rings (SSSR count). The number of anilines is 2. The molecule has 1 aromatic heterocycles. The SMILES string of the molecule is CC(=O)N1CCN(c2ccc(C(=O)Nc3ccccc3C#N)nn2)CC1. The normalized spacial score (nSPS) is 13.8. The van der Waals surface area contributed by atoms with Crippen molar-refractivity contribution in [3.05, 3.63) is 47.7 Å². The zero-order chi connectivity index (χ0) is 18.5. The number of carbonyl (C=O) groups is 2. The van der Waals surface area contributed by atoms with Crippen LogP contribution in [0.15, 0.2) is 36.4 Å².